The molecule has 0 atom stereocenters. The van der Waals surface area contributed by atoms with E-state index in [-0.39, 0.29) is 6.07 Å². The second kappa shape index (κ2) is 2.66. The van der Waals surface area contributed by atoms with E-state index in [0.717, 1.165) is 12.1 Å². The number of rotatable bonds is 2. The van der Waals surface area contributed by atoms with Crippen LogP contribution in [0.15, 0.2) is 29.2 Å². The molecule has 0 saturated heterocycles. The highest BCUT2D eigenvalue weighted by Gasteiger charge is 2.66. The average molecular weight is 248 g/mol. The van der Waals surface area contributed by atoms with Crippen molar-refractivity contribution >= 4 is 22.8 Å². The third kappa shape index (κ3) is 2.83. The molecule has 2 N–H and O–H groups in total. The predicted octanol–water partition coefficient (Wildman–Crippen LogP) is 2.02. The zero-order valence-electron chi connectivity index (χ0n) is 7.08. The SMILES string of the molecule is OB(O)c1ccccc1S(F)(F)(F)(F)F. The quantitative estimate of drug-likeness (QED) is 0.620. The summed E-state index contributed by atoms with van der Waals surface area (Å²) in [5, 5.41) is 17.1. The van der Waals surface area contributed by atoms with Crippen molar-refractivity contribution in [1.82, 2.24) is 0 Å². The molecule has 0 aliphatic rings. The van der Waals surface area contributed by atoms with Gasteiger partial charge in [0.2, 0.25) is 0 Å². The topological polar surface area (TPSA) is 40.5 Å². The first-order valence-corrected chi connectivity index (χ1v) is 5.56. The van der Waals surface area contributed by atoms with Crippen molar-refractivity contribution in [3.63, 3.8) is 0 Å². The van der Waals surface area contributed by atoms with Crippen molar-refractivity contribution in [3.8, 4) is 0 Å². The first kappa shape index (κ1) is 12.3. The maximum Gasteiger partial charge on any atom is 0.489 e. The molecule has 1 aromatic carbocycles. The van der Waals surface area contributed by atoms with E-state index in [0.29, 0.717) is 6.07 Å². The molecule has 15 heavy (non-hydrogen) atoms. The van der Waals surface area contributed by atoms with Gasteiger partial charge >= 0.3 is 17.3 Å². The molecular formula is C6H6BF5O2S. The molecule has 0 aromatic heterocycles. The molecule has 0 bridgehead atoms. The molecule has 2 nitrogen and oxygen atoms in total. The smallest absolute Gasteiger partial charge is 0.423 e. The Morgan fingerprint density at radius 3 is 1.73 bits per heavy atom. The summed E-state index contributed by atoms with van der Waals surface area (Å²) in [6, 6.07) is 2.45. The Hall–Kier alpha value is -0.795. The van der Waals surface area contributed by atoms with Crippen LogP contribution in [0.25, 0.3) is 0 Å². The standard InChI is InChI=1S/C6H6BF5O2S/c8-15(9,10,11,12)6-4-2-1-3-5(6)7(13)14/h1-4,13-14H. The number of benzene rings is 1. The van der Waals surface area contributed by atoms with Crippen LogP contribution in [0.2, 0.25) is 0 Å². The van der Waals surface area contributed by atoms with Crippen molar-refractivity contribution in [2.45, 2.75) is 4.90 Å². The summed E-state index contributed by atoms with van der Waals surface area (Å²) >= 11 is 0. The lowest BCUT2D eigenvalue weighted by atomic mass is 9.80. The van der Waals surface area contributed by atoms with E-state index in [4.69, 9.17) is 10.0 Å². The lowest BCUT2D eigenvalue weighted by molar-refractivity contribution is 0.362. The van der Waals surface area contributed by atoms with Gasteiger partial charge in [-0.1, -0.05) is 37.6 Å². The fourth-order valence-corrected chi connectivity index (χ4v) is 2.00. The molecule has 0 amide bonds. The van der Waals surface area contributed by atoms with Crippen LogP contribution in [0, 0.1) is 0 Å². The predicted molar refractivity (Wildman–Crippen MR) is 47.7 cm³/mol. The number of halogens is 5. The van der Waals surface area contributed by atoms with Gasteiger partial charge in [0.15, 0.2) is 0 Å². The summed E-state index contributed by atoms with van der Waals surface area (Å²) in [6.07, 6.45) is 0. The third-order valence-corrected chi connectivity index (χ3v) is 2.82. The molecule has 0 aliphatic carbocycles. The van der Waals surface area contributed by atoms with Gasteiger partial charge in [-0.25, -0.2) is 0 Å². The Labute approximate surface area is 82.2 Å². The van der Waals surface area contributed by atoms with Crippen molar-refractivity contribution < 1.29 is 29.5 Å². The Bertz CT molecular complexity index is 389. The summed E-state index contributed by atoms with van der Waals surface area (Å²) in [4.78, 5) is -2.27. The normalized spacial score (nSPS) is 16.7. The Morgan fingerprint density at radius 1 is 0.933 bits per heavy atom. The van der Waals surface area contributed by atoms with Gasteiger partial charge < -0.3 is 10.0 Å². The van der Waals surface area contributed by atoms with Gasteiger partial charge in [0, 0.05) is 5.46 Å². The van der Waals surface area contributed by atoms with Gasteiger partial charge in [-0.3, -0.25) is 0 Å². The highest BCUT2D eigenvalue weighted by atomic mass is 32.5. The van der Waals surface area contributed by atoms with Gasteiger partial charge in [0.05, 0.1) is 0 Å². The minimum Gasteiger partial charge on any atom is -0.423 e. The van der Waals surface area contributed by atoms with E-state index in [9.17, 15) is 19.4 Å². The molecule has 0 aliphatic heterocycles. The van der Waals surface area contributed by atoms with Crippen molar-refractivity contribution in [3.05, 3.63) is 24.3 Å². The summed E-state index contributed by atoms with van der Waals surface area (Å²) in [5.74, 6) is 0. The molecule has 1 aromatic rings. The van der Waals surface area contributed by atoms with Crippen LogP contribution >= 0.6 is 10.2 Å². The van der Waals surface area contributed by atoms with Crippen molar-refractivity contribution in [1.29, 1.82) is 0 Å². The Morgan fingerprint density at radius 2 is 1.40 bits per heavy atom. The highest BCUT2D eigenvalue weighted by Crippen LogP contribution is 3.01. The van der Waals surface area contributed by atoms with Gasteiger partial charge in [-0.05, 0) is 6.07 Å². The summed E-state index contributed by atoms with van der Waals surface area (Å²) in [7, 11) is -12.5. The Balaban J connectivity index is 3.54. The molecule has 9 heteroatoms. The largest absolute Gasteiger partial charge is 0.489 e. The van der Waals surface area contributed by atoms with Crippen LogP contribution in [-0.2, 0) is 0 Å². The molecule has 0 radical (unpaired) electrons. The summed E-state index contributed by atoms with van der Waals surface area (Å²) in [5.41, 5.74) is -1.25. The van der Waals surface area contributed by atoms with E-state index in [1.54, 1.807) is 0 Å². The van der Waals surface area contributed by atoms with Crippen LogP contribution in [-0.4, -0.2) is 17.2 Å². The van der Waals surface area contributed by atoms with Gasteiger partial charge in [-0.15, -0.1) is 0 Å². The molecule has 1 rings (SSSR count). The number of hydrogen-bond donors (Lipinski definition) is 2. The minimum absolute atomic E-state index is 0.121. The molecule has 0 spiro atoms. The fourth-order valence-electron chi connectivity index (χ4n) is 1.05. The third-order valence-electron chi connectivity index (χ3n) is 1.61. The highest BCUT2D eigenvalue weighted by molar-refractivity contribution is 8.46. The van der Waals surface area contributed by atoms with E-state index < -0.39 is 27.7 Å². The summed E-state index contributed by atoms with van der Waals surface area (Å²) < 4.78 is 61.7. The van der Waals surface area contributed by atoms with Gasteiger partial charge in [0.1, 0.15) is 4.90 Å². The van der Waals surface area contributed by atoms with E-state index in [1.165, 1.54) is 0 Å². The zero-order chi connectivity index (χ0) is 12.0. The van der Waals surface area contributed by atoms with E-state index in [2.05, 4.69) is 0 Å². The first-order valence-electron chi connectivity index (χ1n) is 3.61. The lowest BCUT2D eigenvalue weighted by Crippen LogP contribution is -2.35. The molecule has 86 valence electrons. The van der Waals surface area contributed by atoms with Gasteiger partial charge in [0.25, 0.3) is 0 Å². The van der Waals surface area contributed by atoms with Crippen molar-refractivity contribution in [2.24, 2.45) is 0 Å². The van der Waals surface area contributed by atoms with E-state index in [1.807, 2.05) is 0 Å². The lowest BCUT2D eigenvalue weighted by Gasteiger charge is -2.41. The van der Waals surface area contributed by atoms with Crippen LogP contribution in [0.3, 0.4) is 0 Å². The van der Waals surface area contributed by atoms with Gasteiger partial charge in [-0.2, -0.15) is 0 Å². The molecule has 0 heterocycles. The first-order chi connectivity index (χ1) is 6.41. The zero-order valence-corrected chi connectivity index (χ0v) is 7.90. The van der Waals surface area contributed by atoms with E-state index >= 15 is 0 Å². The average Bonchev–Trinajstić information content (AvgIpc) is 2.00. The molecule has 0 saturated carbocycles. The monoisotopic (exact) mass is 248 g/mol. The fraction of sp³-hybridized carbons (Fsp3) is 0. The maximum atomic E-state index is 12.3. The van der Waals surface area contributed by atoms with Crippen LogP contribution in [0.1, 0.15) is 0 Å². The van der Waals surface area contributed by atoms with Crippen molar-refractivity contribution in [2.75, 3.05) is 0 Å². The minimum atomic E-state index is -9.87. The maximum absolute atomic E-state index is 12.3. The second-order valence-electron chi connectivity index (χ2n) is 2.88. The molecule has 0 unspecified atom stereocenters. The summed E-state index contributed by atoms with van der Waals surface area (Å²) in [6.45, 7) is 0. The molecular weight excluding hydrogens is 242 g/mol. The molecule has 0 fully saturated rings. The second-order valence-corrected chi connectivity index (χ2v) is 5.26. The van der Waals surface area contributed by atoms with Crippen LogP contribution in [0.5, 0.6) is 0 Å². The van der Waals surface area contributed by atoms with Crippen LogP contribution in [0.4, 0.5) is 19.4 Å². The Kier molecular flexibility index (Phi) is 2.17. The van der Waals surface area contributed by atoms with Crippen LogP contribution < -0.4 is 5.46 Å². The number of hydrogen-bond acceptors (Lipinski definition) is 2.